The molecule has 0 saturated carbocycles. The van der Waals surface area contributed by atoms with Crippen LogP contribution in [0.4, 0.5) is 32.0 Å². The van der Waals surface area contributed by atoms with Gasteiger partial charge in [-0.15, -0.1) is 13.2 Å². The lowest BCUT2D eigenvalue weighted by molar-refractivity contribution is -0.274. The first kappa shape index (κ1) is 25.5. The number of alkyl halides is 6. The highest BCUT2D eigenvalue weighted by Crippen LogP contribution is 2.44. The highest BCUT2D eigenvalue weighted by molar-refractivity contribution is 6.08. The van der Waals surface area contributed by atoms with E-state index in [0.29, 0.717) is 6.07 Å². The van der Waals surface area contributed by atoms with Gasteiger partial charge in [0, 0.05) is 12.3 Å². The number of pyridine rings is 1. The second kappa shape index (κ2) is 9.99. The molecule has 1 heterocycles. The number of hydrogen-bond donors (Lipinski definition) is 1. The van der Waals surface area contributed by atoms with Gasteiger partial charge in [0.1, 0.15) is 22.8 Å². The third kappa shape index (κ3) is 6.25. The number of carbonyl (C=O) groups is 1. The van der Waals surface area contributed by atoms with Crippen LogP contribution in [0.1, 0.15) is 15.9 Å². The molecule has 0 fully saturated rings. The van der Waals surface area contributed by atoms with Crippen LogP contribution < -0.4 is 24.3 Å². The normalized spacial score (nSPS) is 11.5. The Morgan fingerprint density at radius 2 is 1.63 bits per heavy atom. The fraction of sp³-hybridized carbons (Fsp3) is 0.182. The van der Waals surface area contributed by atoms with Crippen LogP contribution in [0.2, 0.25) is 0 Å². The van der Waals surface area contributed by atoms with E-state index < -0.39 is 41.1 Å². The van der Waals surface area contributed by atoms with Crippen LogP contribution in [0.25, 0.3) is 0 Å². The van der Waals surface area contributed by atoms with Gasteiger partial charge in [0.15, 0.2) is 11.5 Å². The molecule has 0 aliphatic rings. The summed E-state index contributed by atoms with van der Waals surface area (Å²) in [5, 5.41) is 2.40. The number of nitrogens with one attached hydrogen (secondary N) is 1. The van der Waals surface area contributed by atoms with E-state index >= 15 is 0 Å². The molecule has 0 aliphatic heterocycles. The molecule has 13 heteroatoms. The van der Waals surface area contributed by atoms with Crippen LogP contribution in [-0.4, -0.2) is 31.5 Å². The highest BCUT2D eigenvalue weighted by atomic mass is 19.4. The third-order valence-corrected chi connectivity index (χ3v) is 4.36. The first-order valence-electron chi connectivity index (χ1n) is 9.54. The average Bonchev–Trinajstić information content (AvgIpc) is 2.78. The number of aromatic nitrogens is 1. The van der Waals surface area contributed by atoms with E-state index in [9.17, 15) is 31.1 Å². The summed E-state index contributed by atoms with van der Waals surface area (Å²) in [5.41, 5.74) is -1.69. The smallest absolute Gasteiger partial charge is 0.495 e. The molecule has 1 N–H and O–H groups in total. The summed E-state index contributed by atoms with van der Waals surface area (Å²) in [6.45, 7) is 0. The molecule has 186 valence electrons. The predicted octanol–water partition coefficient (Wildman–Crippen LogP) is 6.06. The highest BCUT2D eigenvalue weighted by Gasteiger charge is 2.38. The number of ether oxygens (including phenoxy) is 4. The van der Waals surface area contributed by atoms with Crippen molar-refractivity contribution in [1.29, 1.82) is 0 Å². The number of carbonyl (C=O) groups excluding carboxylic acids is 1. The maximum Gasteiger partial charge on any atom is 0.573 e. The number of hydrogen-bond acceptors (Lipinski definition) is 6. The molecule has 0 spiro atoms. The van der Waals surface area contributed by atoms with E-state index in [1.54, 1.807) is 0 Å². The Balaban J connectivity index is 2.08. The quantitative estimate of drug-likeness (QED) is 0.396. The van der Waals surface area contributed by atoms with Gasteiger partial charge >= 0.3 is 12.5 Å². The fourth-order valence-corrected chi connectivity index (χ4v) is 2.98. The number of benzene rings is 2. The maximum atomic E-state index is 13.6. The maximum absolute atomic E-state index is 13.6. The zero-order valence-corrected chi connectivity index (χ0v) is 18.0. The van der Waals surface area contributed by atoms with Crippen LogP contribution in [0.15, 0.2) is 54.9 Å². The molecule has 2 aromatic carbocycles. The molecule has 7 nitrogen and oxygen atoms in total. The Morgan fingerprint density at radius 3 is 2.20 bits per heavy atom. The number of rotatable bonds is 7. The number of methoxy groups -OCH3 is 2. The second-order valence-corrected chi connectivity index (χ2v) is 6.68. The molecule has 0 radical (unpaired) electrons. The first-order chi connectivity index (χ1) is 16.4. The molecule has 1 aromatic heterocycles. The number of amides is 1. The Kier molecular flexibility index (Phi) is 7.27. The lowest BCUT2D eigenvalue weighted by Gasteiger charge is -2.20. The largest absolute Gasteiger partial charge is 0.573 e. The molecule has 3 rings (SSSR count). The minimum Gasteiger partial charge on any atom is -0.495 e. The standard InChI is InChI=1S/C22H16F6N2O5/c1-32-17-10-13(35-22(26,27)28)5-7-15(17)34-16-8-6-14(21(23,24)25)19(33-2)18(16)20(31)30-12-4-3-9-29-11-12/h3-11H,1-2H3,(H,30,31). The minimum atomic E-state index is -4.97. The van der Waals surface area contributed by atoms with Gasteiger partial charge in [-0.1, -0.05) is 0 Å². The average molecular weight is 502 g/mol. The van der Waals surface area contributed by atoms with E-state index in [-0.39, 0.29) is 22.9 Å². The monoisotopic (exact) mass is 502 g/mol. The van der Waals surface area contributed by atoms with Crippen molar-refractivity contribution >= 4 is 11.6 Å². The molecule has 0 atom stereocenters. The van der Waals surface area contributed by atoms with Crippen molar-refractivity contribution < 1.29 is 50.1 Å². The van der Waals surface area contributed by atoms with Gasteiger partial charge in [0.25, 0.3) is 5.91 Å². The zero-order chi connectivity index (χ0) is 25.8. The predicted molar refractivity (Wildman–Crippen MR) is 110 cm³/mol. The van der Waals surface area contributed by atoms with Gasteiger partial charge in [-0.2, -0.15) is 13.2 Å². The molecule has 1 amide bonds. The molecule has 0 aliphatic carbocycles. The molecule has 0 saturated heterocycles. The van der Waals surface area contributed by atoms with Gasteiger partial charge in [-0.05, 0) is 36.4 Å². The Bertz CT molecular complexity index is 1200. The SMILES string of the molecule is COc1cc(OC(F)(F)F)ccc1Oc1ccc(C(F)(F)F)c(OC)c1C(=O)Nc1cccnc1. The van der Waals surface area contributed by atoms with Crippen molar-refractivity contribution in [2.75, 3.05) is 19.5 Å². The van der Waals surface area contributed by atoms with E-state index in [2.05, 4.69) is 15.0 Å². The fourth-order valence-electron chi connectivity index (χ4n) is 2.98. The topological polar surface area (TPSA) is 78.9 Å². The Labute approximate surface area is 194 Å². The molecular formula is C22H16F6N2O5. The van der Waals surface area contributed by atoms with E-state index in [4.69, 9.17) is 14.2 Å². The van der Waals surface area contributed by atoms with Crippen LogP contribution in [0, 0.1) is 0 Å². The van der Waals surface area contributed by atoms with E-state index in [1.165, 1.54) is 24.5 Å². The van der Waals surface area contributed by atoms with Gasteiger partial charge in [0.05, 0.1) is 31.7 Å². The van der Waals surface area contributed by atoms with Crippen molar-refractivity contribution in [1.82, 2.24) is 4.98 Å². The van der Waals surface area contributed by atoms with E-state index in [0.717, 1.165) is 38.5 Å². The van der Waals surface area contributed by atoms with Crippen LogP contribution >= 0.6 is 0 Å². The van der Waals surface area contributed by atoms with Crippen molar-refractivity contribution in [2.45, 2.75) is 12.5 Å². The molecule has 3 aromatic rings. The van der Waals surface area contributed by atoms with Crippen molar-refractivity contribution in [3.8, 4) is 28.7 Å². The zero-order valence-electron chi connectivity index (χ0n) is 18.0. The molecular weight excluding hydrogens is 486 g/mol. The van der Waals surface area contributed by atoms with Crippen molar-refractivity contribution in [3.63, 3.8) is 0 Å². The van der Waals surface area contributed by atoms with Gasteiger partial charge in [-0.3, -0.25) is 9.78 Å². The number of nitrogens with zero attached hydrogens (tertiary/aromatic N) is 1. The van der Waals surface area contributed by atoms with Gasteiger partial charge in [-0.25, -0.2) is 0 Å². The number of anilines is 1. The lowest BCUT2D eigenvalue weighted by atomic mass is 10.1. The summed E-state index contributed by atoms with van der Waals surface area (Å²) in [6.07, 6.45) is -7.15. The Hall–Kier alpha value is -4.16. The number of halogens is 6. The van der Waals surface area contributed by atoms with Crippen LogP contribution in [0.3, 0.4) is 0 Å². The molecule has 0 unspecified atom stereocenters. The first-order valence-corrected chi connectivity index (χ1v) is 9.54. The van der Waals surface area contributed by atoms with Crippen molar-refractivity contribution in [2.24, 2.45) is 0 Å². The molecule has 35 heavy (non-hydrogen) atoms. The van der Waals surface area contributed by atoms with Gasteiger partial charge in [0.2, 0.25) is 0 Å². The summed E-state index contributed by atoms with van der Waals surface area (Å²) in [6, 6.07) is 7.26. The second-order valence-electron chi connectivity index (χ2n) is 6.68. The third-order valence-electron chi connectivity index (χ3n) is 4.36. The van der Waals surface area contributed by atoms with Crippen molar-refractivity contribution in [3.05, 3.63) is 66.0 Å². The summed E-state index contributed by atoms with van der Waals surface area (Å²) in [7, 11) is 2.07. The Morgan fingerprint density at radius 1 is 0.914 bits per heavy atom. The van der Waals surface area contributed by atoms with Crippen LogP contribution in [0.5, 0.6) is 28.7 Å². The van der Waals surface area contributed by atoms with E-state index in [1.807, 2.05) is 0 Å². The summed E-state index contributed by atoms with van der Waals surface area (Å²) in [4.78, 5) is 16.8. The summed E-state index contributed by atoms with van der Waals surface area (Å²) < 4.78 is 97.6. The summed E-state index contributed by atoms with van der Waals surface area (Å²) >= 11 is 0. The summed E-state index contributed by atoms with van der Waals surface area (Å²) in [5.74, 6) is -3.32. The minimum absolute atomic E-state index is 0.175. The van der Waals surface area contributed by atoms with Gasteiger partial charge < -0.3 is 24.3 Å². The molecule has 0 bridgehead atoms. The van der Waals surface area contributed by atoms with Crippen LogP contribution in [-0.2, 0) is 6.18 Å². The lowest BCUT2D eigenvalue weighted by Crippen LogP contribution is -2.18.